The summed E-state index contributed by atoms with van der Waals surface area (Å²) >= 11 is 1.30. The Morgan fingerprint density at radius 1 is 1.16 bits per heavy atom. The monoisotopic (exact) mass is 461 g/mol. The van der Waals surface area contributed by atoms with Gasteiger partial charge in [0.25, 0.3) is 21.3 Å². The number of aromatic amines is 1. The van der Waals surface area contributed by atoms with Crippen LogP contribution in [-0.4, -0.2) is 29.1 Å². The zero-order chi connectivity index (χ0) is 22.4. The lowest BCUT2D eigenvalue weighted by Gasteiger charge is -2.10. The number of nitro benzene ring substituents is 1. The summed E-state index contributed by atoms with van der Waals surface area (Å²) in [6, 6.07) is 14.4. The Morgan fingerprint density at radius 2 is 1.90 bits per heavy atom. The van der Waals surface area contributed by atoms with E-state index in [1.807, 2.05) is 30.3 Å². The van der Waals surface area contributed by atoms with E-state index in [9.17, 15) is 23.3 Å². The minimum Gasteiger partial charge on any atom is -0.382 e. The van der Waals surface area contributed by atoms with E-state index in [4.69, 9.17) is 5.73 Å². The van der Waals surface area contributed by atoms with Crippen LogP contribution in [0, 0.1) is 10.1 Å². The second kappa shape index (κ2) is 9.62. The molecule has 0 bridgehead atoms. The summed E-state index contributed by atoms with van der Waals surface area (Å²) in [6.07, 6.45) is 1.72. The van der Waals surface area contributed by atoms with Crippen molar-refractivity contribution in [3.8, 4) is 0 Å². The molecule has 0 spiro atoms. The number of hydrogen-bond donors (Lipinski definition) is 3. The lowest BCUT2D eigenvalue weighted by molar-refractivity contribution is -0.385. The summed E-state index contributed by atoms with van der Waals surface area (Å²) in [5.41, 5.74) is 5.41. The average molecular weight is 462 g/mol. The maximum absolute atomic E-state index is 12.5. The molecule has 0 radical (unpaired) electrons. The van der Waals surface area contributed by atoms with Gasteiger partial charge in [0, 0.05) is 17.9 Å². The zero-order valence-electron chi connectivity index (χ0n) is 16.1. The maximum Gasteiger partial charge on any atom is 0.278 e. The second-order valence-electron chi connectivity index (χ2n) is 6.43. The number of non-ortho nitro benzene ring substituents is 1. The van der Waals surface area contributed by atoms with Gasteiger partial charge in [0.15, 0.2) is 16.7 Å². The van der Waals surface area contributed by atoms with Crippen molar-refractivity contribution in [2.24, 2.45) is 0 Å². The molecule has 0 saturated heterocycles. The summed E-state index contributed by atoms with van der Waals surface area (Å²) in [7, 11) is -4.28. The third-order valence-corrected chi connectivity index (χ3v) is 6.50. The quantitative estimate of drug-likeness (QED) is 0.144. The van der Waals surface area contributed by atoms with Crippen molar-refractivity contribution in [3.63, 3.8) is 0 Å². The Hall–Kier alpha value is -3.38. The molecule has 1 aromatic heterocycles. The van der Waals surface area contributed by atoms with Crippen LogP contribution in [0.3, 0.4) is 0 Å². The summed E-state index contributed by atoms with van der Waals surface area (Å²) in [5.74, 6) is 0.388. The normalized spacial score (nSPS) is 11.2. The molecule has 3 aromatic rings. The molecule has 12 heteroatoms. The second-order valence-corrected chi connectivity index (χ2v) is 9.19. The molecule has 0 aliphatic heterocycles. The first-order valence-corrected chi connectivity index (χ1v) is 11.6. The summed E-state index contributed by atoms with van der Waals surface area (Å²) in [6.45, 7) is 0. The fourth-order valence-corrected chi connectivity index (χ4v) is 4.61. The number of benzene rings is 2. The molecule has 0 aliphatic carbocycles. The standard InChI is InChI=1S/C19H19N5O5S2/c20-17-16(23-31(28,29)15-10-4-9-14(12-15)24(26)27)18(25)22-19(21-17)30-11-5-8-13-6-2-1-3-7-13/h1-4,6-7,9-10,12,23H,5,8,11H2,(H3,20,21,22,25). The Labute approximate surface area is 182 Å². The van der Waals surface area contributed by atoms with Gasteiger partial charge in [-0.1, -0.05) is 48.2 Å². The molecule has 0 saturated carbocycles. The molecule has 2 aromatic carbocycles. The molecule has 0 aliphatic rings. The van der Waals surface area contributed by atoms with Crippen molar-refractivity contribution < 1.29 is 13.3 Å². The summed E-state index contributed by atoms with van der Waals surface area (Å²) < 4.78 is 27.1. The number of aromatic nitrogens is 2. The molecular weight excluding hydrogens is 442 g/mol. The van der Waals surface area contributed by atoms with E-state index >= 15 is 0 Å². The molecule has 0 unspecified atom stereocenters. The van der Waals surface area contributed by atoms with Gasteiger partial charge in [-0.25, -0.2) is 13.4 Å². The first-order chi connectivity index (χ1) is 14.8. The van der Waals surface area contributed by atoms with Gasteiger partial charge in [-0.3, -0.25) is 24.6 Å². The number of hydrogen-bond acceptors (Lipinski definition) is 8. The number of nitrogens with one attached hydrogen (secondary N) is 2. The largest absolute Gasteiger partial charge is 0.382 e. The highest BCUT2D eigenvalue weighted by Crippen LogP contribution is 2.22. The maximum atomic E-state index is 12.5. The molecular formula is C19H19N5O5S2. The van der Waals surface area contributed by atoms with Crippen LogP contribution in [0.1, 0.15) is 12.0 Å². The van der Waals surface area contributed by atoms with Crippen molar-refractivity contribution in [1.29, 1.82) is 0 Å². The van der Waals surface area contributed by atoms with Crippen LogP contribution in [0.15, 0.2) is 69.4 Å². The fourth-order valence-electron chi connectivity index (χ4n) is 2.68. The molecule has 162 valence electrons. The fraction of sp³-hybridized carbons (Fsp3) is 0.158. The van der Waals surface area contributed by atoms with Crippen molar-refractivity contribution in [2.75, 3.05) is 16.2 Å². The zero-order valence-corrected chi connectivity index (χ0v) is 17.8. The third kappa shape index (κ3) is 5.83. The molecule has 1 heterocycles. The van der Waals surface area contributed by atoms with Crippen molar-refractivity contribution in [1.82, 2.24) is 9.97 Å². The highest BCUT2D eigenvalue weighted by molar-refractivity contribution is 7.99. The Balaban J connectivity index is 1.69. The van der Waals surface area contributed by atoms with E-state index < -0.39 is 31.9 Å². The number of H-pyrrole nitrogens is 1. The third-order valence-electron chi connectivity index (χ3n) is 4.19. The average Bonchev–Trinajstić information content (AvgIpc) is 2.75. The van der Waals surface area contributed by atoms with Crippen LogP contribution in [-0.2, 0) is 16.4 Å². The van der Waals surface area contributed by atoms with Gasteiger partial charge in [0.1, 0.15) is 0 Å². The lowest BCUT2D eigenvalue weighted by Crippen LogP contribution is -2.23. The molecule has 0 fully saturated rings. The number of nitro groups is 1. The van der Waals surface area contributed by atoms with Gasteiger partial charge in [-0.15, -0.1) is 0 Å². The number of sulfonamides is 1. The Morgan fingerprint density at radius 3 is 2.58 bits per heavy atom. The van der Waals surface area contributed by atoms with Gasteiger partial charge in [-0.2, -0.15) is 0 Å². The van der Waals surface area contributed by atoms with E-state index in [1.165, 1.54) is 29.5 Å². The van der Waals surface area contributed by atoms with E-state index in [1.54, 1.807) is 0 Å². The first-order valence-electron chi connectivity index (χ1n) is 9.10. The van der Waals surface area contributed by atoms with Crippen molar-refractivity contribution in [2.45, 2.75) is 22.9 Å². The number of nitrogens with two attached hydrogens (primary N) is 1. The SMILES string of the molecule is Nc1nc(SCCCc2ccccc2)[nH]c(=O)c1NS(=O)(=O)c1cccc([N+](=O)[O-])c1. The van der Waals surface area contributed by atoms with Crippen molar-refractivity contribution in [3.05, 3.63) is 80.6 Å². The molecule has 4 N–H and O–H groups in total. The smallest absolute Gasteiger partial charge is 0.278 e. The topological polar surface area (TPSA) is 161 Å². The van der Waals surface area contributed by atoms with Crippen LogP contribution in [0.4, 0.5) is 17.2 Å². The highest BCUT2D eigenvalue weighted by atomic mass is 32.2. The van der Waals surface area contributed by atoms with Gasteiger partial charge in [-0.05, 0) is 24.5 Å². The number of rotatable bonds is 9. The number of nitrogen functional groups attached to an aromatic ring is 1. The molecule has 3 rings (SSSR count). The van der Waals surface area contributed by atoms with E-state index in [-0.39, 0.29) is 15.9 Å². The Bertz CT molecular complexity index is 1250. The van der Waals surface area contributed by atoms with Crippen LogP contribution in [0.25, 0.3) is 0 Å². The number of thioether (sulfide) groups is 1. The molecule has 31 heavy (non-hydrogen) atoms. The van der Waals surface area contributed by atoms with Crippen LogP contribution in [0.2, 0.25) is 0 Å². The summed E-state index contributed by atoms with van der Waals surface area (Å²) in [4.78, 5) is 28.7. The Kier molecular flexibility index (Phi) is 6.92. The van der Waals surface area contributed by atoms with Crippen LogP contribution in [0.5, 0.6) is 0 Å². The van der Waals surface area contributed by atoms with Gasteiger partial charge < -0.3 is 5.73 Å². The highest BCUT2D eigenvalue weighted by Gasteiger charge is 2.21. The van der Waals surface area contributed by atoms with Gasteiger partial charge >= 0.3 is 0 Å². The minimum atomic E-state index is -4.28. The number of aryl methyl sites for hydroxylation is 1. The summed E-state index contributed by atoms with van der Waals surface area (Å²) in [5, 5.41) is 11.1. The van der Waals surface area contributed by atoms with E-state index in [0.29, 0.717) is 5.75 Å². The van der Waals surface area contributed by atoms with Crippen LogP contribution < -0.4 is 16.0 Å². The predicted molar refractivity (Wildman–Crippen MR) is 119 cm³/mol. The van der Waals surface area contributed by atoms with Gasteiger partial charge in [0.2, 0.25) is 0 Å². The first kappa shape index (κ1) is 22.3. The molecule has 10 nitrogen and oxygen atoms in total. The van der Waals surface area contributed by atoms with E-state index in [0.717, 1.165) is 25.0 Å². The van der Waals surface area contributed by atoms with Crippen LogP contribution >= 0.6 is 11.8 Å². The molecule has 0 amide bonds. The van der Waals surface area contributed by atoms with Crippen molar-refractivity contribution >= 4 is 39.0 Å². The lowest BCUT2D eigenvalue weighted by atomic mass is 10.1. The molecule has 0 atom stereocenters. The number of anilines is 2. The predicted octanol–water partition coefficient (Wildman–Crippen LogP) is 2.79. The van der Waals surface area contributed by atoms with E-state index in [2.05, 4.69) is 14.7 Å². The van der Waals surface area contributed by atoms with Gasteiger partial charge in [0.05, 0.1) is 9.82 Å². The number of nitrogens with zero attached hydrogens (tertiary/aromatic N) is 2. The minimum absolute atomic E-state index is 0.272.